The highest BCUT2D eigenvalue weighted by Crippen LogP contribution is 2.31. The Bertz CT molecular complexity index is 907. The summed E-state index contributed by atoms with van der Waals surface area (Å²) in [6.07, 6.45) is -3.02. The number of hydrogen-bond acceptors (Lipinski definition) is 3. The van der Waals surface area contributed by atoms with E-state index in [4.69, 9.17) is 11.6 Å². The van der Waals surface area contributed by atoms with Crippen molar-refractivity contribution in [1.29, 1.82) is 0 Å². The van der Waals surface area contributed by atoms with Crippen LogP contribution < -0.4 is 0 Å². The molecule has 25 heavy (non-hydrogen) atoms. The molecule has 9 heteroatoms. The van der Waals surface area contributed by atoms with E-state index in [1.165, 1.54) is 48.2 Å². The summed E-state index contributed by atoms with van der Waals surface area (Å²) < 4.78 is 54.1. The van der Waals surface area contributed by atoms with E-state index in [0.717, 1.165) is 10.7 Å². The lowest BCUT2D eigenvalue weighted by atomic mass is 10.2. The number of nitrogens with zero attached hydrogens (tertiary/aromatic N) is 3. The molecule has 0 spiro atoms. The first-order chi connectivity index (χ1) is 11.8. The van der Waals surface area contributed by atoms with Crippen molar-refractivity contribution in [3.05, 3.63) is 59.1 Å². The average molecular weight is 388 g/mol. The van der Waals surface area contributed by atoms with Gasteiger partial charge in [0.05, 0.1) is 5.69 Å². The van der Waals surface area contributed by atoms with Gasteiger partial charge in [-0.2, -0.15) is 13.2 Å². The zero-order chi connectivity index (χ0) is 18.2. The Labute approximate surface area is 149 Å². The van der Waals surface area contributed by atoms with Gasteiger partial charge in [-0.05, 0) is 42.7 Å². The molecule has 2 aromatic carbocycles. The van der Waals surface area contributed by atoms with Crippen LogP contribution in [0.1, 0.15) is 5.82 Å². The van der Waals surface area contributed by atoms with Crippen LogP contribution in [0.25, 0.3) is 17.1 Å². The number of aromatic nitrogens is 3. The van der Waals surface area contributed by atoms with Crippen molar-refractivity contribution in [3.8, 4) is 17.1 Å². The van der Waals surface area contributed by atoms with Gasteiger partial charge in [0.25, 0.3) is 5.82 Å². The van der Waals surface area contributed by atoms with Crippen LogP contribution in [0.15, 0.2) is 47.4 Å². The molecule has 130 valence electrons. The Kier molecular flexibility index (Phi) is 4.75. The fourth-order valence-corrected chi connectivity index (χ4v) is 2.77. The molecular weight excluding hydrogens is 378 g/mol. The summed E-state index contributed by atoms with van der Waals surface area (Å²) in [6, 6.07) is 10.2. The van der Waals surface area contributed by atoms with Crippen molar-refractivity contribution in [3.63, 3.8) is 0 Å². The van der Waals surface area contributed by atoms with Crippen LogP contribution in [-0.2, 0) is 6.18 Å². The highest BCUT2D eigenvalue weighted by molar-refractivity contribution is 7.98. The maximum atomic E-state index is 14.0. The van der Waals surface area contributed by atoms with E-state index in [2.05, 4.69) is 10.1 Å². The normalized spacial score (nSPS) is 11.8. The van der Waals surface area contributed by atoms with Gasteiger partial charge in [-0.3, -0.25) is 0 Å². The largest absolute Gasteiger partial charge is 0.453 e. The van der Waals surface area contributed by atoms with Gasteiger partial charge in [0.2, 0.25) is 0 Å². The molecular formula is C16H10ClF4N3S. The molecule has 3 aromatic rings. The number of benzene rings is 2. The van der Waals surface area contributed by atoms with Crippen LogP contribution in [-0.4, -0.2) is 21.0 Å². The molecule has 0 bridgehead atoms. The van der Waals surface area contributed by atoms with Crippen molar-refractivity contribution in [2.45, 2.75) is 11.1 Å². The number of rotatable bonds is 3. The molecule has 1 heterocycles. The van der Waals surface area contributed by atoms with Gasteiger partial charge in [-0.25, -0.2) is 14.1 Å². The first kappa shape index (κ1) is 17.8. The fraction of sp³-hybridized carbons (Fsp3) is 0.125. The van der Waals surface area contributed by atoms with Crippen molar-refractivity contribution in [2.75, 3.05) is 6.26 Å². The molecule has 0 saturated carbocycles. The maximum absolute atomic E-state index is 14.0. The fourth-order valence-electron chi connectivity index (χ4n) is 2.19. The number of thioether (sulfide) groups is 1. The van der Waals surface area contributed by atoms with Gasteiger partial charge in [0, 0.05) is 21.5 Å². The lowest BCUT2D eigenvalue weighted by Crippen LogP contribution is -2.08. The number of alkyl halides is 3. The lowest BCUT2D eigenvalue weighted by molar-refractivity contribution is -0.144. The summed E-state index contributed by atoms with van der Waals surface area (Å²) in [5, 5.41) is 3.95. The van der Waals surface area contributed by atoms with E-state index < -0.39 is 17.8 Å². The number of halogens is 5. The van der Waals surface area contributed by atoms with Crippen molar-refractivity contribution >= 4 is 23.4 Å². The van der Waals surface area contributed by atoms with Crippen LogP contribution in [0.5, 0.6) is 0 Å². The molecule has 0 aliphatic rings. The van der Waals surface area contributed by atoms with E-state index in [0.29, 0.717) is 15.5 Å². The Balaban J connectivity index is 2.19. The lowest BCUT2D eigenvalue weighted by Gasteiger charge is -2.08. The third-order valence-corrected chi connectivity index (χ3v) is 4.37. The average Bonchev–Trinajstić information content (AvgIpc) is 3.01. The molecule has 0 aliphatic carbocycles. The van der Waals surface area contributed by atoms with E-state index in [1.54, 1.807) is 6.26 Å². The van der Waals surface area contributed by atoms with Gasteiger partial charge in [-0.15, -0.1) is 16.9 Å². The Morgan fingerprint density at radius 3 is 2.32 bits per heavy atom. The number of hydrogen-bond donors (Lipinski definition) is 0. The van der Waals surface area contributed by atoms with Crippen LogP contribution >= 0.6 is 23.4 Å². The molecule has 0 amide bonds. The van der Waals surface area contributed by atoms with Crippen molar-refractivity contribution in [2.24, 2.45) is 0 Å². The molecule has 3 nitrogen and oxygen atoms in total. The van der Waals surface area contributed by atoms with Crippen molar-refractivity contribution in [1.82, 2.24) is 14.8 Å². The van der Waals surface area contributed by atoms with Crippen LogP contribution in [0, 0.1) is 5.82 Å². The molecule has 0 unspecified atom stereocenters. The van der Waals surface area contributed by atoms with Crippen LogP contribution in [0.2, 0.25) is 5.02 Å². The highest BCUT2D eigenvalue weighted by Gasteiger charge is 2.37. The predicted octanol–water partition coefficient (Wildman–Crippen LogP) is 5.47. The minimum atomic E-state index is -4.72. The van der Waals surface area contributed by atoms with E-state index in [-0.39, 0.29) is 11.5 Å². The summed E-state index contributed by atoms with van der Waals surface area (Å²) in [5.41, 5.74) is 0.519. The highest BCUT2D eigenvalue weighted by atomic mass is 35.5. The van der Waals surface area contributed by atoms with Gasteiger partial charge >= 0.3 is 6.18 Å². The SMILES string of the molecule is CSc1ccc(-n2nc(C(F)(F)F)nc2-c2ccc(Cl)cc2)cc1F. The predicted molar refractivity (Wildman–Crippen MR) is 88.5 cm³/mol. The molecule has 0 atom stereocenters. The topological polar surface area (TPSA) is 30.7 Å². The first-order valence-corrected chi connectivity index (χ1v) is 8.54. The molecule has 0 fully saturated rings. The van der Waals surface area contributed by atoms with Crippen molar-refractivity contribution < 1.29 is 17.6 Å². The Morgan fingerprint density at radius 2 is 1.76 bits per heavy atom. The molecule has 1 aromatic heterocycles. The molecule has 0 N–H and O–H groups in total. The van der Waals surface area contributed by atoms with E-state index >= 15 is 0 Å². The quantitative estimate of drug-likeness (QED) is 0.441. The van der Waals surface area contributed by atoms with E-state index in [9.17, 15) is 17.6 Å². The summed E-state index contributed by atoms with van der Waals surface area (Å²) in [6.45, 7) is 0. The van der Waals surface area contributed by atoms with Gasteiger partial charge in [-0.1, -0.05) is 11.6 Å². The standard InChI is InChI=1S/C16H10ClF4N3S/c1-25-13-7-6-11(8-12(13)18)24-14(9-2-4-10(17)5-3-9)22-15(23-24)16(19,20)21/h2-8H,1H3. The molecule has 0 aliphatic heterocycles. The Morgan fingerprint density at radius 1 is 1.08 bits per heavy atom. The first-order valence-electron chi connectivity index (χ1n) is 6.93. The van der Waals surface area contributed by atoms with Gasteiger partial charge in [0.15, 0.2) is 5.82 Å². The maximum Gasteiger partial charge on any atom is 0.453 e. The Hall–Kier alpha value is -2.06. The third kappa shape index (κ3) is 3.64. The minimum absolute atomic E-state index is 0.0553. The van der Waals surface area contributed by atoms with Gasteiger partial charge in [0.1, 0.15) is 5.82 Å². The second kappa shape index (κ2) is 6.68. The summed E-state index contributed by atoms with van der Waals surface area (Å²) in [5.74, 6) is -1.90. The zero-order valence-electron chi connectivity index (χ0n) is 12.7. The second-order valence-corrected chi connectivity index (χ2v) is 6.28. The van der Waals surface area contributed by atoms with Gasteiger partial charge < -0.3 is 0 Å². The smallest absolute Gasteiger partial charge is 0.213 e. The molecule has 0 radical (unpaired) electrons. The minimum Gasteiger partial charge on any atom is -0.213 e. The second-order valence-electron chi connectivity index (χ2n) is 4.99. The molecule has 0 saturated heterocycles. The van der Waals surface area contributed by atoms with Crippen LogP contribution in [0.4, 0.5) is 17.6 Å². The monoisotopic (exact) mass is 387 g/mol. The van der Waals surface area contributed by atoms with Crippen LogP contribution in [0.3, 0.4) is 0 Å². The third-order valence-electron chi connectivity index (χ3n) is 3.34. The zero-order valence-corrected chi connectivity index (χ0v) is 14.3. The summed E-state index contributed by atoms with van der Waals surface area (Å²) in [7, 11) is 0. The summed E-state index contributed by atoms with van der Waals surface area (Å²) >= 11 is 7.01. The van der Waals surface area contributed by atoms with E-state index in [1.807, 2.05) is 0 Å². The molecule has 3 rings (SSSR count). The summed E-state index contributed by atoms with van der Waals surface area (Å²) in [4.78, 5) is 3.97.